The van der Waals surface area contributed by atoms with E-state index in [1.54, 1.807) is 42.5 Å². The third-order valence-corrected chi connectivity index (χ3v) is 6.38. The van der Waals surface area contributed by atoms with Gasteiger partial charge in [0.05, 0.1) is 11.3 Å². The van der Waals surface area contributed by atoms with Crippen molar-refractivity contribution in [3.8, 4) is 0 Å². The lowest BCUT2D eigenvalue weighted by atomic mass is 9.90. The van der Waals surface area contributed by atoms with Crippen molar-refractivity contribution in [3.05, 3.63) is 83.2 Å². The number of primary amides is 1. The van der Waals surface area contributed by atoms with Gasteiger partial charge in [-0.2, -0.15) is 13.2 Å². The lowest BCUT2D eigenvalue weighted by molar-refractivity contribution is -0.139. The summed E-state index contributed by atoms with van der Waals surface area (Å²) in [5, 5.41) is 12.1. The summed E-state index contributed by atoms with van der Waals surface area (Å²) in [5.41, 5.74) is 6.33. The number of carbonyl (C=O) groups is 2. The first-order chi connectivity index (χ1) is 17.6. The molecule has 1 aliphatic rings. The van der Waals surface area contributed by atoms with Crippen LogP contribution in [0.25, 0.3) is 0 Å². The van der Waals surface area contributed by atoms with Gasteiger partial charge in [0.2, 0.25) is 11.9 Å². The largest absolute Gasteiger partial charge is 0.465 e. The molecule has 2 atom stereocenters. The van der Waals surface area contributed by atoms with Crippen LogP contribution in [-0.2, 0) is 17.4 Å². The number of carbonyl (C=O) groups excluding carboxylic acids is 1. The number of likely N-dealkylation sites (tertiary alicyclic amines) is 1. The average molecular weight is 514 g/mol. The van der Waals surface area contributed by atoms with Gasteiger partial charge >= 0.3 is 12.3 Å². The van der Waals surface area contributed by atoms with Crippen molar-refractivity contribution in [1.29, 1.82) is 0 Å². The minimum atomic E-state index is -4.72. The van der Waals surface area contributed by atoms with E-state index in [4.69, 9.17) is 10.8 Å². The molecular weight excluding hydrogens is 487 g/mol. The highest BCUT2D eigenvalue weighted by Gasteiger charge is 2.37. The number of alkyl halides is 3. The Morgan fingerprint density at radius 3 is 2.43 bits per heavy atom. The molecule has 0 spiro atoms. The predicted molar refractivity (Wildman–Crippen MR) is 130 cm³/mol. The molecule has 8 nitrogen and oxygen atoms in total. The van der Waals surface area contributed by atoms with Crippen LogP contribution in [0, 0.1) is 0 Å². The zero-order chi connectivity index (χ0) is 26.6. The maximum Gasteiger partial charge on any atom is 0.419 e. The summed E-state index contributed by atoms with van der Waals surface area (Å²) in [6.45, 7) is 0.883. The fourth-order valence-corrected chi connectivity index (χ4v) is 4.57. The van der Waals surface area contributed by atoms with Crippen LogP contribution in [0.3, 0.4) is 0 Å². The van der Waals surface area contributed by atoms with E-state index < -0.39 is 29.7 Å². The lowest BCUT2D eigenvalue weighted by Gasteiger charge is -2.21. The second-order valence-electron chi connectivity index (χ2n) is 9.01. The highest BCUT2D eigenvalue weighted by atomic mass is 19.4. The number of hydrogen-bond donors (Lipinski definition) is 3. The first-order valence-corrected chi connectivity index (χ1v) is 11.7. The Bertz CT molecular complexity index is 1250. The molecular formula is C26H26F3N5O3. The molecule has 1 aliphatic heterocycles. The van der Waals surface area contributed by atoms with Crippen LogP contribution in [0.1, 0.15) is 47.1 Å². The van der Waals surface area contributed by atoms with E-state index in [9.17, 15) is 22.8 Å². The van der Waals surface area contributed by atoms with Crippen LogP contribution in [-0.4, -0.2) is 45.1 Å². The Hall–Kier alpha value is -4.15. The number of benzene rings is 2. The van der Waals surface area contributed by atoms with E-state index in [1.165, 1.54) is 4.90 Å². The molecule has 2 unspecified atom stereocenters. The smallest absolute Gasteiger partial charge is 0.419 e. The zero-order valence-corrected chi connectivity index (χ0v) is 19.8. The molecule has 2 amide bonds. The second kappa shape index (κ2) is 10.9. The van der Waals surface area contributed by atoms with E-state index in [-0.39, 0.29) is 30.4 Å². The Labute approximate surface area is 211 Å². The van der Waals surface area contributed by atoms with Crippen LogP contribution in [0.4, 0.5) is 29.6 Å². The Balaban J connectivity index is 1.59. The number of carboxylic acid groups (broad SMARTS) is 1. The van der Waals surface area contributed by atoms with E-state index in [0.29, 0.717) is 25.2 Å². The normalized spacial score (nSPS) is 16.4. The number of rotatable bonds is 8. The topological polar surface area (TPSA) is 121 Å². The molecule has 194 valence electrons. The lowest BCUT2D eigenvalue weighted by Crippen LogP contribution is -2.26. The molecule has 0 radical (unpaired) electrons. The number of anilines is 2. The molecule has 4 N–H and O–H groups in total. The maximum absolute atomic E-state index is 13.9. The van der Waals surface area contributed by atoms with Crippen molar-refractivity contribution in [2.24, 2.45) is 5.73 Å². The molecule has 3 aromatic rings. The molecule has 2 aromatic carbocycles. The van der Waals surface area contributed by atoms with Gasteiger partial charge in [-0.25, -0.2) is 14.8 Å². The van der Waals surface area contributed by atoms with E-state index in [0.717, 1.165) is 17.3 Å². The number of aromatic nitrogens is 2. The minimum absolute atomic E-state index is 0.0452. The molecule has 11 heteroatoms. The number of nitrogens with two attached hydrogens (primary N) is 1. The Kier molecular flexibility index (Phi) is 7.61. The van der Waals surface area contributed by atoms with Gasteiger partial charge < -0.3 is 21.1 Å². The molecule has 37 heavy (non-hydrogen) atoms. The van der Waals surface area contributed by atoms with Crippen LogP contribution < -0.4 is 11.1 Å². The molecule has 1 aromatic heterocycles. The highest BCUT2D eigenvalue weighted by Crippen LogP contribution is 2.37. The number of amides is 2. The molecule has 1 fully saturated rings. The minimum Gasteiger partial charge on any atom is -0.465 e. The van der Waals surface area contributed by atoms with Gasteiger partial charge in [-0.3, -0.25) is 4.79 Å². The fourth-order valence-electron chi connectivity index (χ4n) is 4.57. The molecule has 2 heterocycles. The average Bonchev–Trinajstić information content (AvgIpc) is 3.35. The summed E-state index contributed by atoms with van der Waals surface area (Å²) in [4.78, 5) is 32.3. The van der Waals surface area contributed by atoms with Crippen molar-refractivity contribution >= 4 is 23.6 Å². The predicted octanol–water partition coefficient (Wildman–Crippen LogP) is 4.91. The van der Waals surface area contributed by atoms with E-state index in [1.807, 2.05) is 12.1 Å². The van der Waals surface area contributed by atoms with Crippen molar-refractivity contribution < 1.29 is 27.9 Å². The van der Waals surface area contributed by atoms with Gasteiger partial charge in [0, 0.05) is 43.2 Å². The summed E-state index contributed by atoms with van der Waals surface area (Å²) in [5.74, 6) is -1.60. The third-order valence-electron chi connectivity index (χ3n) is 6.38. The highest BCUT2D eigenvalue weighted by molar-refractivity contribution is 5.75. The summed E-state index contributed by atoms with van der Waals surface area (Å²) in [7, 11) is 0. The SMILES string of the molecule is NC(=O)CC(Cc1ccccc1)c1nc(Nc2ccc(C3CCN(C(=O)O)C3)cc2)ncc1C(F)(F)F. The second-order valence-corrected chi connectivity index (χ2v) is 9.01. The molecule has 4 rings (SSSR count). The zero-order valence-electron chi connectivity index (χ0n) is 19.8. The van der Waals surface area contributed by atoms with Crippen LogP contribution >= 0.6 is 0 Å². The number of hydrogen-bond acceptors (Lipinski definition) is 5. The van der Waals surface area contributed by atoms with Crippen LogP contribution in [0.5, 0.6) is 0 Å². The van der Waals surface area contributed by atoms with Crippen molar-refractivity contribution in [1.82, 2.24) is 14.9 Å². The van der Waals surface area contributed by atoms with Gasteiger partial charge in [-0.15, -0.1) is 0 Å². The summed E-state index contributed by atoms with van der Waals surface area (Å²) < 4.78 is 41.6. The quantitative estimate of drug-likeness (QED) is 0.394. The molecule has 1 saturated heterocycles. The molecule has 0 saturated carbocycles. The van der Waals surface area contributed by atoms with Crippen molar-refractivity contribution in [2.45, 2.75) is 37.3 Å². The van der Waals surface area contributed by atoms with Crippen LogP contribution in [0.15, 0.2) is 60.8 Å². The first kappa shape index (κ1) is 25.9. The van der Waals surface area contributed by atoms with Crippen molar-refractivity contribution in [2.75, 3.05) is 18.4 Å². The number of halogens is 3. The Morgan fingerprint density at radius 2 is 1.84 bits per heavy atom. The standard InChI is InChI=1S/C26H26F3N5O3/c27-26(28,29)21-14-31-24(33-23(21)19(13-22(30)35)12-16-4-2-1-3-5-16)32-20-8-6-17(7-9-20)18-10-11-34(15-18)25(36)37/h1-9,14,18-19H,10-13,15H2,(H2,30,35)(H,36,37)(H,31,32,33). The molecule has 0 aliphatic carbocycles. The van der Waals surface area contributed by atoms with E-state index >= 15 is 0 Å². The number of nitrogens with one attached hydrogen (secondary N) is 1. The molecule has 0 bridgehead atoms. The van der Waals surface area contributed by atoms with Gasteiger partial charge in [-0.05, 0) is 36.1 Å². The summed E-state index contributed by atoms with van der Waals surface area (Å²) in [6, 6.07) is 16.0. The van der Waals surface area contributed by atoms with Gasteiger partial charge in [0.25, 0.3) is 0 Å². The summed E-state index contributed by atoms with van der Waals surface area (Å²) >= 11 is 0. The van der Waals surface area contributed by atoms with Gasteiger partial charge in [0.1, 0.15) is 0 Å². The number of nitrogens with zero attached hydrogens (tertiary/aromatic N) is 3. The Morgan fingerprint density at radius 1 is 1.14 bits per heavy atom. The van der Waals surface area contributed by atoms with Crippen molar-refractivity contribution in [3.63, 3.8) is 0 Å². The fraction of sp³-hybridized carbons (Fsp3) is 0.308. The maximum atomic E-state index is 13.9. The van der Waals surface area contributed by atoms with Gasteiger partial charge in [-0.1, -0.05) is 42.5 Å². The third kappa shape index (κ3) is 6.54. The van der Waals surface area contributed by atoms with Gasteiger partial charge in [0.15, 0.2) is 0 Å². The first-order valence-electron chi connectivity index (χ1n) is 11.7. The van der Waals surface area contributed by atoms with E-state index in [2.05, 4.69) is 15.3 Å². The summed E-state index contributed by atoms with van der Waals surface area (Å²) in [6.07, 6.45) is -4.39. The van der Waals surface area contributed by atoms with Crippen LogP contribution in [0.2, 0.25) is 0 Å². The monoisotopic (exact) mass is 513 g/mol.